The summed E-state index contributed by atoms with van der Waals surface area (Å²) in [4.78, 5) is 5.24. The third-order valence-electron chi connectivity index (χ3n) is 1.92. The van der Waals surface area contributed by atoms with Gasteiger partial charge in [-0.2, -0.15) is 5.01 Å². The lowest BCUT2D eigenvalue weighted by Gasteiger charge is -2.05. The highest BCUT2D eigenvalue weighted by molar-refractivity contribution is 8.01. The molecule has 8 nitrogen and oxygen atoms in total. The number of thioether (sulfide) groups is 1. The molecule has 0 atom stereocenters. The zero-order valence-corrected chi connectivity index (χ0v) is 12.2. The van der Waals surface area contributed by atoms with Crippen LogP contribution in [0.2, 0.25) is 0 Å². The zero-order valence-electron chi connectivity index (χ0n) is 10.6. The van der Waals surface area contributed by atoms with Gasteiger partial charge in [0.25, 0.3) is 6.20 Å². The van der Waals surface area contributed by atoms with Gasteiger partial charge in [0.15, 0.2) is 4.34 Å². The van der Waals surface area contributed by atoms with Gasteiger partial charge in [-0.05, 0) is 12.8 Å². The highest BCUT2D eigenvalue weighted by atomic mass is 32.2. The first-order valence-electron chi connectivity index (χ1n) is 5.28. The van der Waals surface area contributed by atoms with Crippen LogP contribution in [0.1, 0.15) is 5.01 Å². The second-order valence-electron chi connectivity index (χ2n) is 3.69. The Bertz CT molecular complexity index is 579. The molecule has 19 heavy (non-hydrogen) atoms. The van der Waals surface area contributed by atoms with E-state index in [1.54, 1.807) is 19.1 Å². The second kappa shape index (κ2) is 5.97. The van der Waals surface area contributed by atoms with Gasteiger partial charge in [-0.15, -0.1) is 10.2 Å². The van der Waals surface area contributed by atoms with Crippen molar-refractivity contribution in [3.05, 3.63) is 11.2 Å². The number of aryl methyl sites for hydroxylation is 1. The minimum atomic E-state index is -0.306. The fraction of sp³-hybridized carbons (Fsp3) is 0.444. The predicted octanol–water partition coefficient (Wildman–Crippen LogP) is -0.498. The maximum atomic E-state index is 11.6. The van der Waals surface area contributed by atoms with Gasteiger partial charge in [-0.1, -0.05) is 23.1 Å². The Hall–Kier alpha value is -1.68. The molecule has 0 spiro atoms. The number of hydrogen-bond acceptors (Lipinski definition) is 9. The minimum Gasteiger partial charge on any atom is -0.861 e. The lowest BCUT2D eigenvalue weighted by atomic mass is 10.7. The van der Waals surface area contributed by atoms with E-state index in [1.165, 1.54) is 34.1 Å². The smallest absolute Gasteiger partial charge is 0.324 e. The van der Waals surface area contributed by atoms with Crippen molar-refractivity contribution in [3.8, 4) is 0 Å². The summed E-state index contributed by atoms with van der Waals surface area (Å²) in [7, 11) is 3.59. The van der Waals surface area contributed by atoms with Crippen LogP contribution in [0.15, 0.2) is 20.1 Å². The molecule has 2 rings (SSSR count). The first kappa shape index (κ1) is 13.7. The Morgan fingerprint density at radius 3 is 2.95 bits per heavy atom. The molecule has 0 radical (unpaired) electrons. The number of nitrogens with zero attached hydrogens (tertiary/aromatic N) is 6. The first-order valence-corrected chi connectivity index (χ1v) is 7.08. The van der Waals surface area contributed by atoms with Gasteiger partial charge in [-0.3, -0.25) is 4.52 Å². The molecule has 0 saturated heterocycles. The summed E-state index contributed by atoms with van der Waals surface area (Å²) in [5.41, 5.74) is 0. The van der Waals surface area contributed by atoms with E-state index in [2.05, 4.69) is 20.5 Å². The van der Waals surface area contributed by atoms with Crippen molar-refractivity contribution < 1.29 is 14.4 Å². The normalized spacial score (nSPS) is 11.8. The molecule has 0 aliphatic heterocycles. The van der Waals surface area contributed by atoms with Crippen LogP contribution in [0.5, 0.6) is 0 Å². The van der Waals surface area contributed by atoms with Gasteiger partial charge < -0.3 is 5.11 Å². The Labute approximate surface area is 117 Å². The van der Waals surface area contributed by atoms with E-state index in [9.17, 15) is 5.11 Å². The maximum Gasteiger partial charge on any atom is 0.324 e. The molecule has 0 aromatic carbocycles. The molecule has 0 bridgehead atoms. The van der Waals surface area contributed by atoms with Crippen LogP contribution in [0.4, 0.5) is 5.88 Å². The first-order chi connectivity index (χ1) is 9.04. The Morgan fingerprint density at radius 1 is 1.58 bits per heavy atom. The number of rotatable bonds is 5. The van der Waals surface area contributed by atoms with Crippen molar-refractivity contribution in [2.75, 3.05) is 24.9 Å². The molecule has 0 aliphatic rings. The molecule has 0 aliphatic carbocycles. The van der Waals surface area contributed by atoms with Crippen molar-refractivity contribution in [2.24, 2.45) is 4.99 Å². The third kappa shape index (κ3) is 3.89. The van der Waals surface area contributed by atoms with Gasteiger partial charge in [0.1, 0.15) is 5.01 Å². The summed E-state index contributed by atoms with van der Waals surface area (Å²) in [6.07, 6.45) is 1.53. The summed E-state index contributed by atoms with van der Waals surface area (Å²) in [6.45, 7) is 1.86. The monoisotopic (exact) mass is 300 g/mol. The fourth-order valence-corrected chi connectivity index (χ4v) is 2.68. The minimum absolute atomic E-state index is 0.174. The Morgan fingerprint density at radius 2 is 2.37 bits per heavy atom. The average molecular weight is 300 g/mol. The number of aliphatic imine (C=N–C) groups is 1. The molecular weight excluding hydrogens is 288 g/mol. The van der Waals surface area contributed by atoms with E-state index in [0.29, 0.717) is 0 Å². The average Bonchev–Trinajstić information content (AvgIpc) is 2.96. The summed E-state index contributed by atoms with van der Waals surface area (Å²) < 4.78 is 5.65. The van der Waals surface area contributed by atoms with Crippen LogP contribution in [-0.2, 0) is 0 Å². The Kier molecular flexibility index (Phi) is 4.32. The van der Waals surface area contributed by atoms with Crippen LogP contribution in [0.3, 0.4) is 0 Å². The summed E-state index contributed by atoms with van der Waals surface area (Å²) in [6, 6.07) is 0. The molecular formula is C9H12N6O2S2. The van der Waals surface area contributed by atoms with Crippen molar-refractivity contribution in [1.82, 2.24) is 15.5 Å². The summed E-state index contributed by atoms with van der Waals surface area (Å²) >= 11 is 2.75. The Balaban J connectivity index is 1.94. The molecule has 2 heterocycles. The largest absolute Gasteiger partial charge is 0.861 e. The quantitative estimate of drug-likeness (QED) is 0.318. The van der Waals surface area contributed by atoms with E-state index < -0.39 is 0 Å². The van der Waals surface area contributed by atoms with Gasteiger partial charge in [0.2, 0.25) is 5.27 Å². The molecule has 0 unspecified atom stereocenters. The van der Waals surface area contributed by atoms with Gasteiger partial charge in [-0.25, -0.2) is 4.99 Å². The van der Waals surface area contributed by atoms with E-state index in [4.69, 9.17) is 4.52 Å². The zero-order chi connectivity index (χ0) is 13.8. The van der Waals surface area contributed by atoms with Crippen molar-refractivity contribution in [3.63, 3.8) is 0 Å². The molecule has 0 fully saturated rings. The predicted molar refractivity (Wildman–Crippen MR) is 69.2 cm³/mol. The van der Waals surface area contributed by atoms with Gasteiger partial charge in [0.05, 0.1) is 18.9 Å². The van der Waals surface area contributed by atoms with Crippen molar-refractivity contribution in [1.29, 1.82) is 0 Å². The highest BCUT2D eigenvalue weighted by Gasteiger charge is 2.12. The van der Waals surface area contributed by atoms with E-state index in [1.807, 2.05) is 6.92 Å². The fourth-order valence-electron chi connectivity index (χ4n) is 1.08. The highest BCUT2D eigenvalue weighted by Crippen LogP contribution is 2.21. The third-order valence-corrected chi connectivity index (χ3v) is 3.87. The molecule has 2 aromatic heterocycles. The van der Waals surface area contributed by atoms with E-state index >= 15 is 0 Å². The summed E-state index contributed by atoms with van der Waals surface area (Å²) in [5.74, 6) is 0.0600. The molecule has 0 N–H and O–H groups in total. The van der Waals surface area contributed by atoms with Crippen LogP contribution < -0.4 is 14.9 Å². The van der Waals surface area contributed by atoms with Crippen LogP contribution >= 0.6 is 23.1 Å². The standard InChI is InChI=1S/C9H12N6O2S2/c1-6-11-12-9(19-6)18-5-7(16)10-8-4-15(13-17-8)14(2)3/h4H,5H2,1-3H3. The van der Waals surface area contributed by atoms with E-state index in [-0.39, 0.29) is 17.5 Å². The molecule has 0 saturated carbocycles. The topological polar surface area (TPSA) is 94.3 Å². The number of hydrogen-bond donors (Lipinski definition) is 0. The maximum absolute atomic E-state index is 11.6. The van der Waals surface area contributed by atoms with Crippen LogP contribution in [0.25, 0.3) is 0 Å². The lowest BCUT2D eigenvalue weighted by molar-refractivity contribution is -0.753. The van der Waals surface area contributed by atoms with Crippen LogP contribution in [-0.4, -0.2) is 41.2 Å². The van der Waals surface area contributed by atoms with Gasteiger partial charge in [0, 0.05) is 5.75 Å². The number of aromatic nitrogens is 4. The SMILES string of the molecule is Cc1nnc(SC/C([O-])=N/c2c[n+](N(C)C)no2)s1. The molecule has 0 amide bonds. The molecule has 102 valence electrons. The second-order valence-corrected chi connectivity index (χ2v) is 6.09. The lowest BCUT2D eigenvalue weighted by Crippen LogP contribution is -2.53. The van der Waals surface area contributed by atoms with Gasteiger partial charge >= 0.3 is 5.88 Å². The van der Waals surface area contributed by atoms with Crippen molar-refractivity contribution in [2.45, 2.75) is 11.3 Å². The van der Waals surface area contributed by atoms with Crippen molar-refractivity contribution >= 4 is 34.9 Å². The molecule has 10 heteroatoms. The summed E-state index contributed by atoms with van der Waals surface area (Å²) in [5, 5.41) is 25.7. The van der Waals surface area contributed by atoms with Crippen LogP contribution in [0, 0.1) is 6.92 Å². The van der Waals surface area contributed by atoms with E-state index in [0.717, 1.165) is 9.35 Å². The molecule has 2 aromatic rings.